The van der Waals surface area contributed by atoms with Gasteiger partial charge in [0.05, 0.1) is 12.2 Å². The number of benzene rings is 1. The molecule has 1 aromatic rings. The summed E-state index contributed by atoms with van der Waals surface area (Å²) in [6.07, 6.45) is -1.36. The number of carbonyl (C=O) groups is 2. The fourth-order valence-electron chi connectivity index (χ4n) is 1.23. The molecule has 0 aliphatic heterocycles. The van der Waals surface area contributed by atoms with Crippen molar-refractivity contribution in [3.8, 4) is 6.07 Å². The number of esters is 1. The molecule has 6 heteroatoms. The van der Waals surface area contributed by atoms with E-state index in [1.165, 1.54) is 19.1 Å². The number of rotatable bonds is 4. The highest BCUT2D eigenvalue weighted by Crippen LogP contribution is 2.11. The first-order chi connectivity index (χ1) is 9.06. The second-order valence-electron chi connectivity index (χ2n) is 3.60. The van der Waals surface area contributed by atoms with Crippen molar-refractivity contribution in [3.63, 3.8) is 0 Å². The van der Waals surface area contributed by atoms with Crippen LogP contribution in [0.3, 0.4) is 0 Å². The second-order valence-corrected chi connectivity index (χ2v) is 3.60. The third-order valence-electron chi connectivity index (χ3n) is 2.11. The van der Waals surface area contributed by atoms with Gasteiger partial charge in [0, 0.05) is 5.69 Å². The quantitative estimate of drug-likeness (QED) is 0.841. The van der Waals surface area contributed by atoms with Crippen molar-refractivity contribution in [1.82, 2.24) is 0 Å². The Bertz CT molecular complexity index is 490. The Kier molecular flexibility index (Phi) is 5.35. The van der Waals surface area contributed by atoms with E-state index in [1.54, 1.807) is 25.1 Å². The van der Waals surface area contributed by atoms with Crippen LogP contribution in [0.1, 0.15) is 24.2 Å². The summed E-state index contributed by atoms with van der Waals surface area (Å²) in [6.45, 7) is 3.46. The van der Waals surface area contributed by atoms with Crippen molar-refractivity contribution in [3.05, 3.63) is 29.8 Å². The van der Waals surface area contributed by atoms with E-state index in [4.69, 9.17) is 14.7 Å². The van der Waals surface area contributed by atoms with Crippen molar-refractivity contribution in [2.45, 2.75) is 20.0 Å². The number of amides is 1. The standard InChI is InChI=1S/C13H14N2O4/c1-3-18-13(17)15-11-6-4-10(5-7-11)12(16)19-9(2)8-14/h4-7,9H,3H2,1-2H3,(H,15,17). The van der Waals surface area contributed by atoms with Crippen molar-refractivity contribution in [2.24, 2.45) is 0 Å². The summed E-state index contributed by atoms with van der Waals surface area (Å²) in [6, 6.07) is 7.88. The van der Waals surface area contributed by atoms with Crippen LogP contribution >= 0.6 is 0 Å². The Morgan fingerprint density at radius 3 is 2.53 bits per heavy atom. The number of ether oxygens (including phenoxy) is 2. The first kappa shape index (κ1) is 14.5. The van der Waals surface area contributed by atoms with E-state index in [0.717, 1.165) is 0 Å². The molecule has 0 spiro atoms. The monoisotopic (exact) mass is 262 g/mol. The molecule has 1 N–H and O–H groups in total. The minimum Gasteiger partial charge on any atom is -0.450 e. The van der Waals surface area contributed by atoms with Gasteiger partial charge in [-0.1, -0.05) is 0 Å². The molecule has 0 radical (unpaired) electrons. The zero-order valence-electron chi connectivity index (χ0n) is 10.7. The summed E-state index contributed by atoms with van der Waals surface area (Å²) in [4.78, 5) is 22.7. The summed E-state index contributed by atoms with van der Waals surface area (Å²) >= 11 is 0. The molecule has 19 heavy (non-hydrogen) atoms. The summed E-state index contributed by atoms with van der Waals surface area (Å²) in [5.41, 5.74) is 0.805. The van der Waals surface area contributed by atoms with Crippen LogP contribution in [0.2, 0.25) is 0 Å². The predicted octanol–water partition coefficient (Wildman–Crippen LogP) is 2.32. The number of nitriles is 1. The van der Waals surface area contributed by atoms with Crippen molar-refractivity contribution in [2.75, 3.05) is 11.9 Å². The van der Waals surface area contributed by atoms with Crippen molar-refractivity contribution in [1.29, 1.82) is 5.26 Å². The molecule has 0 heterocycles. The zero-order chi connectivity index (χ0) is 14.3. The number of anilines is 1. The lowest BCUT2D eigenvalue weighted by atomic mass is 10.2. The molecule has 1 atom stereocenters. The van der Waals surface area contributed by atoms with Gasteiger partial charge in [-0.2, -0.15) is 5.26 Å². The van der Waals surface area contributed by atoms with Gasteiger partial charge < -0.3 is 9.47 Å². The minimum absolute atomic E-state index is 0.280. The molecule has 0 saturated carbocycles. The van der Waals surface area contributed by atoms with E-state index >= 15 is 0 Å². The van der Waals surface area contributed by atoms with Gasteiger partial charge >= 0.3 is 12.1 Å². The molecule has 1 amide bonds. The third-order valence-corrected chi connectivity index (χ3v) is 2.11. The van der Waals surface area contributed by atoms with E-state index in [0.29, 0.717) is 11.3 Å². The Morgan fingerprint density at radius 1 is 1.37 bits per heavy atom. The average molecular weight is 262 g/mol. The number of carbonyl (C=O) groups excluding carboxylic acids is 2. The van der Waals surface area contributed by atoms with Gasteiger partial charge in [0.15, 0.2) is 6.10 Å². The van der Waals surface area contributed by atoms with Gasteiger partial charge in [-0.05, 0) is 38.1 Å². The van der Waals surface area contributed by atoms with Crippen molar-refractivity contribution < 1.29 is 19.1 Å². The smallest absolute Gasteiger partial charge is 0.411 e. The number of nitrogens with one attached hydrogen (secondary N) is 1. The van der Waals surface area contributed by atoms with Crippen LogP contribution in [0.4, 0.5) is 10.5 Å². The van der Waals surface area contributed by atoms with Crippen molar-refractivity contribution >= 4 is 17.7 Å². The number of hydrogen-bond acceptors (Lipinski definition) is 5. The average Bonchev–Trinajstić information content (AvgIpc) is 2.39. The van der Waals surface area contributed by atoms with Crippen LogP contribution in [0.15, 0.2) is 24.3 Å². The maximum absolute atomic E-state index is 11.6. The molecule has 0 bridgehead atoms. The first-order valence-electron chi connectivity index (χ1n) is 5.71. The van der Waals surface area contributed by atoms with E-state index < -0.39 is 18.2 Å². The molecule has 1 rings (SSSR count). The Morgan fingerprint density at radius 2 is 2.00 bits per heavy atom. The molecule has 100 valence electrons. The van der Waals surface area contributed by atoms with Gasteiger partial charge in [0.2, 0.25) is 0 Å². The maximum Gasteiger partial charge on any atom is 0.411 e. The maximum atomic E-state index is 11.6. The highest BCUT2D eigenvalue weighted by atomic mass is 16.5. The number of nitrogens with zero attached hydrogens (tertiary/aromatic N) is 1. The fourth-order valence-corrected chi connectivity index (χ4v) is 1.23. The van der Waals surface area contributed by atoms with Gasteiger partial charge in [-0.25, -0.2) is 9.59 Å². The number of hydrogen-bond donors (Lipinski definition) is 1. The molecular formula is C13H14N2O4. The van der Waals surface area contributed by atoms with Crippen LogP contribution in [0.5, 0.6) is 0 Å². The SMILES string of the molecule is CCOC(=O)Nc1ccc(C(=O)OC(C)C#N)cc1. The van der Waals surface area contributed by atoms with E-state index in [9.17, 15) is 9.59 Å². The highest BCUT2D eigenvalue weighted by Gasteiger charge is 2.11. The lowest BCUT2D eigenvalue weighted by molar-refractivity contribution is 0.0435. The Balaban J connectivity index is 2.64. The van der Waals surface area contributed by atoms with E-state index in [-0.39, 0.29) is 6.61 Å². The lowest BCUT2D eigenvalue weighted by Gasteiger charge is -2.07. The van der Waals surface area contributed by atoms with Crippen LogP contribution in [-0.2, 0) is 9.47 Å². The third kappa shape index (κ3) is 4.68. The molecule has 0 saturated heterocycles. The van der Waals surface area contributed by atoms with Gasteiger partial charge in [0.1, 0.15) is 6.07 Å². The Hall–Kier alpha value is -2.55. The van der Waals surface area contributed by atoms with Crippen LogP contribution in [0, 0.1) is 11.3 Å². The molecular weight excluding hydrogens is 248 g/mol. The molecule has 0 aromatic heterocycles. The van der Waals surface area contributed by atoms with Gasteiger partial charge in [0.25, 0.3) is 0 Å². The van der Waals surface area contributed by atoms with E-state index in [1.807, 2.05) is 0 Å². The molecule has 1 aromatic carbocycles. The summed E-state index contributed by atoms with van der Waals surface area (Å²) in [5.74, 6) is -0.586. The van der Waals surface area contributed by atoms with Crippen LogP contribution < -0.4 is 5.32 Å². The summed E-state index contributed by atoms with van der Waals surface area (Å²) in [7, 11) is 0. The van der Waals surface area contributed by atoms with Gasteiger partial charge in [-0.15, -0.1) is 0 Å². The first-order valence-corrected chi connectivity index (χ1v) is 5.71. The molecule has 0 fully saturated rings. The van der Waals surface area contributed by atoms with E-state index in [2.05, 4.69) is 5.32 Å². The van der Waals surface area contributed by atoms with Crippen LogP contribution in [0.25, 0.3) is 0 Å². The topological polar surface area (TPSA) is 88.4 Å². The normalized spacial score (nSPS) is 11.0. The summed E-state index contributed by atoms with van der Waals surface area (Å²) < 4.78 is 9.55. The predicted molar refractivity (Wildman–Crippen MR) is 67.6 cm³/mol. The lowest BCUT2D eigenvalue weighted by Crippen LogP contribution is -2.14. The molecule has 0 aliphatic carbocycles. The second kappa shape index (κ2) is 7.01. The highest BCUT2D eigenvalue weighted by molar-refractivity contribution is 5.91. The van der Waals surface area contributed by atoms with Gasteiger partial charge in [-0.3, -0.25) is 5.32 Å². The zero-order valence-corrected chi connectivity index (χ0v) is 10.7. The molecule has 0 aliphatic rings. The molecule has 1 unspecified atom stereocenters. The molecule has 6 nitrogen and oxygen atoms in total. The fraction of sp³-hybridized carbons (Fsp3) is 0.308. The largest absolute Gasteiger partial charge is 0.450 e. The van der Waals surface area contributed by atoms with Crippen LogP contribution in [-0.4, -0.2) is 24.8 Å². The summed E-state index contributed by atoms with van der Waals surface area (Å²) in [5, 5.41) is 11.0. The minimum atomic E-state index is -0.801. The Labute approximate surface area is 110 Å².